The molecular weight excluding hydrogens is 349 g/mol. The van der Waals surface area contributed by atoms with Gasteiger partial charge < -0.3 is 9.84 Å². The molecule has 0 aliphatic carbocycles. The van der Waals surface area contributed by atoms with Gasteiger partial charge in [-0.15, -0.1) is 0 Å². The fraction of sp³-hybridized carbons (Fsp3) is 0.200. The molecular formula is C15H12BrF3O2. The summed E-state index contributed by atoms with van der Waals surface area (Å²) >= 11 is 3.23. The van der Waals surface area contributed by atoms with E-state index in [1.165, 1.54) is 36.4 Å². The summed E-state index contributed by atoms with van der Waals surface area (Å²) in [6, 6.07) is 9.97. The van der Waals surface area contributed by atoms with Crippen molar-refractivity contribution in [3.8, 4) is 5.75 Å². The molecule has 0 bridgehead atoms. The van der Waals surface area contributed by atoms with Crippen molar-refractivity contribution in [1.29, 1.82) is 0 Å². The van der Waals surface area contributed by atoms with Crippen LogP contribution in [0.2, 0.25) is 0 Å². The number of hydrogen-bond acceptors (Lipinski definition) is 2. The van der Waals surface area contributed by atoms with E-state index in [0.29, 0.717) is 10.0 Å². The first-order chi connectivity index (χ1) is 9.95. The summed E-state index contributed by atoms with van der Waals surface area (Å²) < 4.78 is 41.9. The third-order valence-corrected chi connectivity index (χ3v) is 3.66. The van der Waals surface area contributed by atoms with E-state index in [-0.39, 0.29) is 18.0 Å². The van der Waals surface area contributed by atoms with Crippen molar-refractivity contribution in [3.63, 3.8) is 0 Å². The number of aliphatic hydroxyl groups excluding tert-OH is 1. The van der Waals surface area contributed by atoms with Crippen molar-refractivity contribution in [2.24, 2.45) is 0 Å². The number of ether oxygens (including phenoxy) is 1. The van der Waals surface area contributed by atoms with E-state index in [4.69, 9.17) is 0 Å². The average molecular weight is 361 g/mol. The molecule has 2 aromatic rings. The van der Waals surface area contributed by atoms with Gasteiger partial charge in [-0.05, 0) is 35.4 Å². The summed E-state index contributed by atoms with van der Waals surface area (Å²) in [5.74, 6) is -0.336. The van der Waals surface area contributed by atoms with Crippen LogP contribution in [0.5, 0.6) is 5.75 Å². The number of rotatable bonds is 5. The van der Waals surface area contributed by atoms with Gasteiger partial charge in [0.25, 0.3) is 0 Å². The molecule has 1 unspecified atom stereocenters. The molecule has 1 atom stereocenters. The van der Waals surface area contributed by atoms with Crippen LogP contribution in [0.15, 0.2) is 46.9 Å². The van der Waals surface area contributed by atoms with Crippen molar-refractivity contribution < 1.29 is 23.0 Å². The van der Waals surface area contributed by atoms with E-state index in [9.17, 15) is 18.3 Å². The van der Waals surface area contributed by atoms with Crippen LogP contribution >= 0.6 is 15.9 Å². The van der Waals surface area contributed by atoms with Crippen molar-refractivity contribution in [2.45, 2.75) is 19.1 Å². The molecule has 0 aliphatic heterocycles. The van der Waals surface area contributed by atoms with E-state index in [0.717, 1.165) is 5.56 Å². The highest BCUT2D eigenvalue weighted by Crippen LogP contribution is 2.26. The van der Waals surface area contributed by atoms with Crippen LogP contribution in [0.3, 0.4) is 0 Å². The second kappa shape index (κ2) is 6.95. The van der Waals surface area contributed by atoms with Crippen LogP contribution in [-0.4, -0.2) is 11.7 Å². The Kier molecular flexibility index (Phi) is 5.25. The zero-order valence-electron chi connectivity index (χ0n) is 10.8. The molecule has 0 saturated carbocycles. The summed E-state index contributed by atoms with van der Waals surface area (Å²) in [5.41, 5.74) is 1.31. The van der Waals surface area contributed by atoms with Gasteiger partial charge in [0.1, 0.15) is 11.6 Å². The summed E-state index contributed by atoms with van der Waals surface area (Å²) in [5, 5.41) is 10.1. The Balaban J connectivity index is 2.07. The predicted molar refractivity (Wildman–Crippen MR) is 75.8 cm³/mol. The van der Waals surface area contributed by atoms with Crippen molar-refractivity contribution >= 4 is 15.9 Å². The molecule has 2 nitrogen and oxygen atoms in total. The van der Waals surface area contributed by atoms with Gasteiger partial charge in [-0.25, -0.2) is 4.39 Å². The Morgan fingerprint density at radius 2 is 1.76 bits per heavy atom. The lowest BCUT2D eigenvalue weighted by atomic mass is 10.0. The highest BCUT2D eigenvalue weighted by atomic mass is 79.9. The molecule has 21 heavy (non-hydrogen) atoms. The second-order valence-electron chi connectivity index (χ2n) is 4.40. The van der Waals surface area contributed by atoms with Gasteiger partial charge in [-0.1, -0.05) is 34.1 Å². The van der Waals surface area contributed by atoms with Crippen LogP contribution in [0, 0.1) is 5.82 Å². The van der Waals surface area contributed by atoms with Gasteiger partial charge in [-0.2, -0.15) is 8.78 Å². The summed E-state index contributed by atoms with van der Waals surface area (Å²) in [4.78, 5) is 0. The fourth-order valence-corrected chi connectivity index (χ4v) is 2.40. The zero-order chi connectivity index (χ0) is 15.4. The van der Waals surface area contributed by atoms with Crippen molar-refractivity contribution in [1.82, 2.24) is 0 Å². The minimum atomic E-state index is -2.88. The second-order valence-corrected chi connectivity index (χ2v) is 5.26. The normalized spacial score (nSPS) is 12.5. The van der Waals surface area contributed by atoms with E-state index in [2.05, 4.69) is 20.7 Å². The first kappa shape index (κ1) is 15.9. The Hall–Kier alpha value is -1.53. The van der Waals surface area contributed by atoms with Crippen LogP contribution in [0.4, 0.5) is 13.2 Å². The number of aliphatic hydroxyl groups is 1. The molecule has 2 aromatic carbocycles. The van der Waals surface area contributed by atoms with Gasteiger partial charge in [0.05, 0.1) is 6.10 Å². The number of hydrogen-bond donors (Lipinski definition) is 1. The maximum absolute atomic E-state index is 13.0. The zero-order valence-corrected chi connectivity index (χ0v) is 12.4. The molecule has 1 N–H and O–H groups in total. The third kappa shape index (κ3) is 4.47. The monoisotopic (exact) mass is 360 g/mol. The molecule has 6 heteroatoms. The van der Waals surface area contributed by atoms with E-state index < -0.39 is 12.7 Å². The van der Waals surface area contributed by atoms with E-state index in [1.807, 2.05) is 0 Å². The number of halogens is 4. The molecule has 0 amide bonds. The molecule has 0 aliphatic rings. The van der Waals surface area contributed by atoms with Crippen LogP contribution in [0.25, 0.3) is 0 Å². The molecule has 2 rings (SSSR count). The summed E-state index contributed by atoms with van der Waals surface area (Å²) in [6.07, 6.45) is -0.553. The van der Waals surface area contributed by atoms with Gasteiger partial charge in [0, 0.05) is 10.9 Å². The molecule has 0 heterocycles. The van der Waals surface area contributed by atoms with Crippen LogP contribution < -0.4 is 4.74 Å². The van der Waals surface area contributed by atoms with Gasteiger partial charge >= 0.3 is 6.61 Å². The number of benzene rings is 2. The Morgan fingerprint density at radius 3 is 2.33 bits per heavy atom. The van der Waals surface area contributed by atoms with Gasteiger partial charge in [0.15, 0.2) is 0 Å². The Labute approximate surface area is 128 Å². The summed E-state index contributed by atoms with van der Waals surface area (Å²) in [7, 11) is 0. The standard InChI is InChI=1S/C15H12BrF3O2/c16-13-8-11(17)4-1-10(13)7-14(20)9-2-5-12(6-3-9)21-15(18)19/h1-6,8,14-15,20H,7H2. The van der Waals surface area contributed by atoms with Crippen LogP contribution in [-0.2, 0) is 6.42 Å². The number of alkyl halides is 2. The highest BCUT2D eigenvalue weighted by molar-refractivity contribution is 9.10. The lowest BCUT2D eigenvalue weighted by Gasteiger charge is -2.13. The quantitative estimate of drug-likeness (QED) is 0.852. The van der Waals surface area contributed by atoms with Gasteiger partial charge in [0.2, 0.25) is 0 Å². The molecule has 0 fully saturated rings. The largest absolute Gasteiger partial charge is 0.435 e. The third-order valence-electron chi connectivity index (χ3n) is 2.92. The Morgan fingerprint density at radius 1 is 1.10 bits per heavy atom. The Bertz CT molecular complexity index is 602. The lowest BCUT2D eigenvalue weighted by molar-refractivity contribution is -0.0498. The summed E-state index contributed by atoms with van der Waals surface area (Å²) in [6.45, 7) is -2.88. The molecule has 0 saturated heterocycles. The SMILES string of the molecule is OC(Cc1ccc(F)cc1Br)c1ccc(OC(F)F)cc1. The molecule has 0 aromatic heterocycles. The highest BCUT2D eigenvalue weighted by Gasteiger charge is 2.12. The lowest BCUT2D eigenvalue weighted by Crippen LogP contribution is -2.04. The average Bonchev–Trinajstić information content (AvgIpc) is 2.42. The van der Waals surface area contributed by atoms with Crippen molar-refractivity contribution in [3.05, 3.63) is 63.9 Å². The fourth-order valence-electron chi connectivity index (χ4n) is 1.88. The van der Waals surface area contributed by atoms with Crippen molar-refractivity contribution in [2.75, 3.05) is 0 Å². The molecule has 0 spiro atoms. The van der Waals surface area contributed by atoms with Crippen LogP contribution in [0.1, 0.15) is 17.2 Å². The smallest absolute Gasteiger partial charge is 0.387 e. The predicted octanol–water partition coefficient (Wildman–Crippen LogP) is 4.47. The van der Waals surface area contributed by atoms with Gasteiger partial charge in [-0.3, -0.25) is 0 Å². The maximum atomic E-state index is 13.0. The maximum Gasteiger partial charge on any atom is 0.387 e. The molecule has 0 radical (unpaired) electrons. The first-order valence-electron chi connectivity index (χ1n) is 6.12. The topological polar surface area (TPSA) is 29.5 Å². The molecule has 112 valence electrons. The minimum Gasteiger partial charge on any atom is -0.435 e. The minimum absolute atomic E-state index is 0.0314. The van der Waals surface area contributed by atoms with E-state index >= 15 is 0 Å². The first-order valence-corrected chi connectivity index (χ1v) is 6.92. The van der Waals surface area contributed by atoms with E-state index in [1.54, 1.807) is 6.07 Å².